The molecule has 0 fully saturated rings. The zero-order valence-electron chi connectivity index (χ0n) is 18.7. The van der Waals surface area contributed by atoms with Gasteiger partial charge in [0.05, 0.1) is 5.56 Å². The van der Waals surface area contributed by atoms with Gasteiger partial charge in [-0.15, -0.1) is 0 Å². The fourth-order valence-corrected chi connectivity index (χ4v) is 3.17. The van der Waals surface area contributed by atoms with Crippen LogP contribution in [0.5, 0.6) is 0 Å². The fraction of sp³-hybridized carbons (Fsp3) is 0.417. The molecule has 0 unspecified atom stereocenters. The Morgan fingerprint density at radius 1 is 0.875 bits per heavy atom. The molecule has 2 aromatic carbocycles. The highest BCUT2D eigenvalue weighted by Crippen LogP contribution is 2.34. The van der Waals surface area contributed by atoms with Gasteiger partial charge in [-0.2, -0.15) is 13.2 Å². The monoisotopic (exact) mass is 451 g/mol. The van der Waals surface area contributed by atoms with Crippen LogP contribution >= 0.6 is 0 Å². The van der Waals surface area contributed by atoms with E-state index in [1.54, 1.807) is 39.8 Å². The number of carbonyl (C=O) groups is 2. The van der Waals surface area contributed by atoms with Crippen LogP contribution in [0.3, 0.4) is 0 Å². The quantitative estimate of drug-likeness (QED) is 0.574. The summed E-state index contributed by atoms with van der Waals surface area (Å²) in [6, 6.07) is 12.8. The average Bonchev–Trinajstić information content (AvgIpc) is 2.67. The van der Waals surface area contributed by atoms with Gasteiger partial charge in [0.15, 0.2) is 0 Å². The topological polar surface area (TPSA) is 64.6 Å². The highest BCUT2D eigenvalue weighted by Gasteiger charge is 2.32. The van der Waals surface area contributed by atoms with Crippen molar-refractivity contribution >= 4 is 12.1 Å². The number of ether oxygens (including phenoxy) is 2. The molecule has 0 aliphatic carbocycles. The van der Waals surface area contributed by atoms with Gasteiger partial charge in [-0.3, -0.25) is 0 Å². The largest absolute Gasteiger partial charge is 0.460 e. The summed E-state index contributed by atoms with van der Waals surface area (Å²) in [5.74, 6) is -1.19. The van der Waals surface area contributed by atoms with E-state index in [2.05, 4.69) is 5.32 Å². The van der Waals surface area contributed by atoms with Gasteiger partial charge < -0.3 is 14.8 Å². The summed E-state index contributed by atoms with van der Waals surface area (Å²) < 4.78 is 49.6. The van der Waals surface area contributed by atoms with Crippen LogP contribution < -0.4 is 5.32 Å². The molecule has 3 atom stereocenters. The van der Waals surface area contributed by atoms with Crippen LogP contribution in [-0.4, -0.2) is 29.8 Å². The molecule has 8 heteroatoms. The Kier molecular flexibility index (Phi) is 7.93. The lowest BCUT2D eigenvalue weighted by Gasteiger charge is -2.27. The number of esters is 1. The standard InChI is InChI=1S/C24H28F3NO4/c1-15(28-22(30)32-23(3,4)5)21(29)31-16(2)20(17-9-7-6-8-10-17)18-11-13-19(14-12-18)24(25,26)27/h6-16,20H,1-5H3,(H,28,30)/t15-,16-,20-/m0/s1. The molecule has 0 saturated heterocycles. The second kappa shape index (κ2) is 10.1. The molecule has 0 aliphatic rings. The van der Waals surface area contributed by atoms with E-state index >= 15 is 0 Å². The third-order valence-electron chi connectivity index (χ3n) is 4.61. The first kappa shape index (κ1) is 25.2. The summed E-state index contributed by atoms with van der Waals surface area (Å²) in [4.78, 5) is 24.5. The molecular weight excluding hydrogens is 423 g/mol. The van der Waals surface area contributed by atoms with Crippen molar-refractivity contribution in [1.82, 2.24) is 5.32 Å². The maximum Gasteiger partial charge on any atom is 0.416 e. The summed E-state index contributed by atoms with van der Waals surface area (Å²) in [5.41, 5.74) is -0.132. The highest BCUT2D eigenvalue weighted by molar-refractivity contribution is 5.81. The second-order valence-corrected chi connectivity index (χ2v) is 8.52. The van der Waals surface area contributed by atoms with E-state index in [1.165, 1.54) is 19.1 Å². The molecule has 2 rings (SSSR count). The van der Waals surface area contributed by atoms with Crippen LogP contribution in [0.15, 0.2) is 54.6 Å². The normalized spacial score (nSPS) is 14.8. The SMILES string of the molecule is C[C@H](NC(=O)OC(C)(C)C)C(=O)O[C@@H](C)[C@@H](c1ccccc1)c1ccc(C(F)(F)F)cc1. The first-order valence-corrected chi connectivity index (χ1v) is 10.2. The fourth-order valence-electron chi connectivity index (χ4n) is 3.17. The van der Waals surface area contributed by atoms with E-state index in [0.29, 0.717) is 5.56 Å². The van der Waals surface area contributed by atoms with Gasteiger partial charge in [-0.25, -0.2) is 9.59 Å². The van der Waals surface area contributed by atoms with Crippen molar-refractivity contribution in [2.24, 2.45) is 0 Å². The van der Waals surface area contributed by atoms with Crippen molar-refractivity contribution < 1.29 is 32.2 Å². The van der Waals surface area contributed by atoms with Crippen molar-refractivity contribution in [3.05, 3.63) is 71.3 Å². The number of alkyl carbamates (subject to hydrolysis) is 1. The minimum absolute atomic E-state index is 0.504. The third-order valence-corrected chi connectivity index (χ3v) is 4.61. The molecule has 0 saturated carbocycles. The minimum atomic E-state index is -4.44. The Bertz CT molecular complexity index is 906. The number of benzene rings is 2. The molecule has 0 heterocycles. The molecular formula is C24H28F3NO4. The lowest BCUT2D eigenvalue weighted by Crippen LogP contribution is -2.43. The molecule has 1 N–H and O–H groups in total. The van der Waals surface area contributed by atoms with Crippen molar-refractivity contribution in [2.45, 2.75) is 64.5 Å². The van der Waals surface area contributed by atoms with E-state index in [-0.39, 0.29) is 0 Å². The number of alkyl halides is 3. The Balaban J connectivity index is 2.20. The predicted octanol–water partition coefficient (Wildman–Crippen LogP) is 5.68. The van der Waals surface area contributed by atoms with Gasteiger partial charge in [0.25, 0.3) is 0 Å². The number of hydrogen-bond donors (Lipinski definition) is 1. The van der Waals surface area contributed by atoms with E-state index in [0.717, 1.165) is 17.7 Å². The van der Waals surface area contributed by atoms with Crippen molar-refractivity contribution in [2.75, 3.05) is 0 Å². The van der Waals surface area contributed by atoms with Crippen LogP contribution in [-0.2, 0) is 20.4 Å². The van der Waals surface area contributed by atoms with Gasteiger partial charge >= 0.3 is 18.2 Å². The highest BCUT2D eigenvalue weighted by atomic mass is 19.4. The van der Waals surface area contributed by atoms with Gasteiger partial charge in [0, 0.05) is 5.92 Å². The Hall–Kier alpha value is -3.03. The first-order chi connectivity index (χ1) is 14.8. The summed E-state index contributed by atoms with van der Waals surface area (Å²) in [5, 5.41) is 2.42. The third kappa shape index (κ3) is 7.28. The average molecular weight is 451 g/mol. The second-order valence-electron chi connectivity index (χ2n) is 8.52. The molecule has 0 radical (unpaired) electrons. The number of amides is 1. The molecule has 1 amide bonds. The van der Waals surface area contributed by atoms with Gasteiger partial charge in [-0.1, -0.05) is 42.5 Å². The number of hydrogen-bond acceptors (Lipinski definition) is 4. The molecule has 0 aliphatic heterocycles. The maximum absolute atomic E-state index is 13.0. The minimum Gasteiger partial charge on any atom is -0.460 e. The van der Waals surface area contributed by atoms with Crippen LogP contribution in [0.2, 0.25) is 0 Å². The van der Waals surface area contributed by atoms with Crippen LogP contribution in [0, 0.1) is 0 Å². The van der Waals surface area contributed by atoms with Crippen molar-refractivity contribution in [3.8, 4) is 0 Å². The number of carbonyl (C=O) groups excluding carboxylic acids is 2. The molecule has 5 nitrogen and oxygen atoms in total. The number of rotatable bonds is 6. The molecule has 0 bridgehead atoms. The van der Waals surface area contributed by atoms with Crippen LogP contribution in [0.1, 0.15) is 57.2 Å². The summed E-state index contributed by atoms with van der Waals surface area (Å²) in [6.07, 6.45) is -5.91. The Morgan fingerprint density at radius 3 is 1.91 bits per heavy atom. The van der Waals surface area contributed by atoms with Gasteiger partial charge in [-0.05, 0) is 57.9 Å². The maximum atomic E-state index is 13.0. The smallest absolute Gasteiger partial charge is 0.416 e. The van der Waals surface area contributed by atoms with E-state index in [4.69, 9.17) is 9.47 Å². The number of nitrogens with one attached hydrogen (secondary N) is 1. The van der Waals surface area contributed by atoms with Crippen molar-refractivity contribution in [3.63, 3.8) is 0 Å². The molecule has 0 aromatic heterocycles. The summed E-state index contributed by atoms with van der Waals surface area (Å²) >= 11 is 0. The predicted molar refractivity (Wildman–Crippen MR) is 114 cm³/mol. The van der Waals surface area contributed by atoms with E-state index < -0.39 is 47.5 Å². The molecule has 174 valence electrons. The van der Waals surface area contributed by atoms with Crippen molar-refractivity contribution in [1.29, 1.82) is 0 Å². The molecule has 32 heavy (non-hydrogen) atoms. The van der Waals surface area contributed by atoms with E-state index in [1.807, 2.05) is 18.2 Å². The van der Waals surface area contributed by atoms with Gasteiger partial charge in [0.2, 0.25) is 0 Å². The summed E-state index contributed by atoms with van der Waals surface area (Å²) in [6.45, 7) is 8.23. The molecule has 0 spiro atoms. The van der Waals surface area contributed by atoms with Gasteiger partial charge in [0.1, 0.15) is 17.7 Å². The van der Waals surface area contributed by atoms with Crippen LogP contribution in [0.25, 0.3) is 0 Å². The Morgan fingerprint density at radius 2 is 1.41 bits per heavy atom. The first-order valence-electron chi connectivity index (χ1n) is 10.2. The lowest BCUT2D eigenvalue weighted by atomic mass is 9.86. The van der Waals surface area contributed by atoms with Crippen LogP contribution in [0.4, 0.5) is 18.0 Å². The zero-order valence-corrected chi connectivity index (χ0v) is 18.7. The lowest BCUT2D eigenvalue weighted by molar-refractivity contribution is -0.150. The zero-order chi connectivity index (χ0) is 24.1. The molecule has 2 aromatic rings. The summed E-state index contributed by atoms with van der Waals surface area (Å²) in [7, 11) is 0. The van der Waals surface area contributed by atoms with E-state index in [9.17, 15) is 22.8 Å². The number of halogens is 3. The Labute approximate surface area is 185 Å².